The Balaban J connectivity index is 1.47. The molecule has 2 aliphatic rings. The van der Waals surface area contributed by atoms with Crippen molar-refractivity contribution in [2.24, 2.45) is 10.8 Å². The van der Waals surface area contributed by atoms with Gasteiger partial charge in [0, 0.05) is 61.4 Å². The Hall–Kier alpha value is -1.20. The van der Waals surface area contributed by atoms with E-state index in [9.17, 15) is 38.1 Å². The molecule has 0 aromatic carbocycles. The Labute approximate surface area is 252 Å². The summed E-state index contributed by atoms with van der Waals surface area (Å²) >= 11 is 0. The van der Waals surface area contributed by atoms with Crippen LogP contribution >= 0.6 is 37.2 Å². The van der Waals surface area contributed by atoms with Gasteiger partial charge in [0.15, 0.2) is 12.2 Å². The van der Waals surface area contributed by atoms with Gasteiger partial charge < -0.3 is 31.1 Å². The topological polar surface area (TPSA) is 228 Å². The van der Waals surface area contributed by atoms with E-state index in [1.165, 1.54) is 21.6 Å². The lowest BCUT2D eigenvalue weighted by atomic mass is 9.87. The van der Waals surface area contributed by atoms with Crippen LogP contribution in [0.15, 0.2) is 0 Å². The van der Waals surface area contributed by atoms with Crippen LogP contribution in [-0.4, -0.2) is 96.5 Å². The summed E-state index contributed by atoms with van der Waals surface area (Å²) in [5.41, 5.74) is -1.62. The van der Waals surface area contributed by atoms with E-state index in [0.717, 1.165) is 0 Å². The summed E-state index contributed by atoms with van der Waals surface area (Å²) in [7, 11) is -5.54. The molecule has 16 nitrogen and oxygen atoms in total. The monoisotopic (exact) mass is 678 g/mol. The van der Waals surface area contributed by atoms with Crippen LogP contribution in [0.4, 0.5) is 0 Å². The van der Waals surface area contributed by atoms with Crippen molar-refractivity contribution in [3.05, 3.63) is 0 Å². The summed E-state index contributed by atoms with van der Waals surface area (Å²) in [6.45, 7) is 7.31. The van der Waals surface area contributed by atoms with Crippen LogP contribution in [0.3, 0.4) is 0 Å². The molecule has 0 saturated carbocycles. The Bertz CT molecular complexity index is 998. The Morgan fingerprint density at radius 1 is 0.690 bits per heavy atom. The van der Waals surface area contributed by atoms with Gasteiger partial charge in [-0.3, -0.25) is 37.3 Å². The Morgan fingerprint density at radius 2 is 1.05 bits per heavy atom. The molecule has 2 fully saturated rings. The quantitative estimate of drug-likeness (QED) is 0.0796. The molecule has 4 amide bonds. The van der Waals surface area contributed by atoms with Gasteiger partial charge in [-0.05, 0) is 0 Å². The van der Waals surface area contributed by atoms with E-state index in [2.05, 4.69) is 21.3 Å². The van der Waals surface area contributed by atoms with Gasteiger partial charge in [0.05, 0.1) is 13.2 Å². The van der Waals surface area contributed by atoms with Crippen LogP contribution < -0.4 is 21.3 Å². The molecule has 0 aromatic heterocycles. The lowest BCUT2D eigenvalue weighted by Gasteiger charge is -2.38. The molecule has 6 N–H and O–H groups in total. The molecule has 0 aromatic rings. The van der Waals surface area contributed by atoms with E-state index in [0.29, 0.717) is 24.6 Å². The molecule has 20 heteroatoms. The first kappa shape index (κ1) is 37.0. The molecule has 0 spiro atoms. The van der Waals surface area contributed by atoms with Crippen molar-refractivity contribution in [3.63, 3.8) is 0 Å². The van der Waals surface area contributed by atoms with Crippen molar-refractivity contribution in [1.82, 2.24) is 21.3 Å². The zero-order valence-electron chi connectivity index (χ0n) is 23.9. The van der Waals surface area contributed by atoms with E-state index >= 15 is 0 Å². The molecule has 2 saturated heterocycles. The normalized spacial score (nSPS) is 28.3. The molecule has 2 aliphatic heterocycles. The van der Waals surface area contributed by atoms with Gasteiger partial charge in [0.2, 0.25) is 23.6 Å². The highest BCUT2D eigenvalue weighted by Gasteiger charge is 2.48. The predicted octanol–water partition coefficient (Wildman–Crippen LogP) is 0.697. The fourth-order valence-electron chi connectivity index (χ4n) is 3.61. The van der Waals surface area contributed by atoms with Crippen molar-refractivity contribution >= 4 is 60.9 Å². The summed E-state index contributed by atoms with van der Waals surface area (Å²) in [4.78, 5) is 67.7. The second-order valence-electron chi connectivity index (χ2n) is 10.9. The third-order valence-electron chi connectivity index (χ3n) is 5.97. The van der Waals surface area contributed by atoms with Crippen LogP contribution in [0.5, 0.6) is 0 Å². The number of rotatable bonds is 15. The molecule has 42 heavy (non-hydrogen) atoms. The van der Waals surface area contributed by atoms with Gasteiger partial charge in [-0.25, -0.2) is 9.13 Å². The first-order valence-electron chi connectivity index (χ1n) is 13.1. The maximum Gasteiger partial charge on any atom is 0.472 e. The van der Waals surface area contributed by atoms with E-state index in [-0.39, 0.29) is 51.0 Å². The van der Waals surface area contributed by atoms with Crippen LogP contribution in [0.2, 0.25) is 0 Å². The third-order valence-corrected chi connectivity index (χ3v) is 10.2. The van der Waals surface area contributed by atoms with Crippen molar-refractivity contribution in [2.45, 2.75) is 52.7 Å². The molecular weight excluding hydrogens is 638 g/mol. The number of carbonyl (C=O) groups is 4. The second-order valence-corrected chi connectivity index (χ2v) is 16.4. The first-order chi connectivity index (χ1) is 19.4. The molecule has 2 heterocycles. The molecule has 242 valence electrons. The van der Waals surface area contributed by atoms with Gasteiger partial charge in [0.1, 0.15) is 0 Å². The van der Waals surface area contributed by atoms with Gasteiger partial charge >= 0.3 is 15.6 Å². The van der Waals surface area contributed by atoms with Crippen LogP contribution in [0.25, 0.3) is 0 Å². The van der Waals surface area contributed by atoms with Gasteiger partial charge in [-0.15, -0.1) is 0 Å². The summed E-state index contributed by atoms with van der Waals surface area (Å²) in [6.07, 6.45) is -2.31. The fraction of sp³-hybridized carbons (Fsp3) is 0.818. The summed E-state index contributed by atoms with van der Waals surface area (Å²) in [5, 5.41) is 10.5. The fourth-order valence-corrected chi connectivity index (χ4v) is 7.83. The lowest BCUT2D eigenvalue weighted by Crippen LogP contribution is -2.49. The van der Waals surface area contributed by atoms with Crippen molar-refractivity contribution < 1.29 is 56.2 Å². The van der Waals surface area contributed by atoms with Crippen molar-refractivity contribution in [3.8, 4) is 0 Å². The number of amides is 4. The second kappa shape index (κ2) is 16.2. The first-order valence-corrected chi connectivity index (χ1v) is 18.6. The molecule has 0 bridgehead atoms. The van der Waals surface area contributed by atoms with Gasteiger partial charge in [-0.2, -0.15) is 0 Å². The minimum Gasteiger partial charge on any atom is -0.355 e. The molecule has 2 rings (SSSR count). The molecular formula is C22H40N4O12P2S2. The zero-order valence-corrected chi connectivity index (χ0v) is 27.3. The highest BCUT2D eigenvalue weighted by atomic mass is 33.1. The average molecular weight is 679 g/mol. The highest BCUT2D eigenvalue weighted by Crippen LogP contribution is 2.53. The van der Waals surface area contributed by atoms with E-state index < -0.39 is 50.5 Å². The molecule has 4 atom stereocenters. The minimum absolute atomic E-state index is 0.0264. The van der Waals surface area contributed by atoms with Gasteiger partial charge in [-0.1, -0.05) is 49.3 Å². The number of phosphoric ester groups is 2. The van der Waals surface area contributed by atoms with Crippen molar-refractivity contribution in [1.29, 1.82) is 0 Å². The van der Waals surface area contributed by atoms with Crippen LogP contribution in [0, 0.1) is 10.8 Å². The zero-order chi connectivity index (χ0) is 31.6. The minimum atomic E-state index is -4.28. The number of phosphoric acid groups is 2. The average Bonchev–Trinajstić information content (AvgIpc) is 2.88. The maximum atomic E-state index is 12.4. The maximum absolute atomic E-state index is 12.4. The number of hydrogen-bond acceptors (Lipinski definition) is 12. The molecule has 0 aliphatic carbocycles. The smallest absolute Gasteiger partial charge is 0.355 e. The predicted molar refractivity (Wildman–Crippen MR) is 155 cm³/mol. The summed E-state index contributed by atoms with van der Waals surface area (Å²) in [6, 6.07) is 0. The number of hydrogen-bond donors (Lipinski definition) is 6. The third kappa shape index (κ3) is 12.8. The van der Waals surface area contributed by atoms with Gasteiger partial charge in [0.25, 0.3) is 0 Å². The number of nitrogens with one attached hydrogen (secondary N) is 4. The van der Waals surface area contributed by atoms with E-state index in [1.54, 1.807) is 27.7 Å². The molecule has 0 radical (unpaired) electrons. The largest absolute Gasteiger partial charge is 0.472 e. The summed E-state index contributed by atoms with van der Waals surface area (Å²) in [5.74, 6) is -0.491. The summed E-state index contributed by atoms with van der Waals surface area (Å²) < 4.78 is 42.6. The number of carbonyl (C=O) groups excluding carboxylic acids is 4. The lowest BCUT2D eigenvalue weighted by molar-refractivity contribution is -0.141. The van der Waals surface area contributed by atoms with Crippen LogP contribution in [-0.2, 0) is 46.4 Å². The van der Waals surface area contributed by atoms with Crippen LogP contribution in [0.1, 0.15) is 40.5 Å². The Morgan fingerprint density at radius 3 is 1.40 bits per heavy atom. The SMILES string of the molecule is CC1(C)COP(=O)(O)O[C@H]1C(=O)NCCC(=O)NCCSSCCNC(=O)CCNC(=O)[C@@H]1OP(=O)(O)OCC1(C)C. The van der Waals surface area contributed by atoms with Crippen molar-refractivity contribution in [2.75, 3.05) is 50.9 Å². The molecule has 2 unspecified atom stereocenters. The highest BCUT2D eigenvalue weighted by molar-refractivity contribution is 8.76. The van der Waals surface area contributed by atoms with E-state index in [1.807, 2.05) is 0 Å². The van der Waals surface area contributed by atoms with E-state index in [4.69, 9.17) is 18.1 Å². The standard InChI is InChI=1S/C22H40N4O12P2S2/c1-21(2)13-35-39(31,32)37-17(21)19(29)25-7-5-15(27)23-9-11-41-42-12-10-24-16(28)6-8-26-20(30)18-22(3,4)14-36-40(33,34)38-18/h17-18H,5-14H2,1-4H3,(H,23,27)(H,24,28)(H,25,29)(H,26,30)(H,31,32)(H,33,34)/t17-,18-/m0/s1. The Kier molecular flexibility index (Phi) is 14.3.